The van der Waals surface area contributed by atoms with Crippen molar-refractivity contribution in [3.63, 3.8) is 0 Å². The molecule has 1 heterocycles. The van der Waals surface area contributed by atoms with Crippen molar-refractivity contribution in [2.75, 3.05) is 5.73 Å². The third-order valence-corrected chi connectivity index (χ3v) is 2.46. The number of pyridine rings is 1. The van der Waals surface area contributed by atoms with Crippen LogP contribution in [0.15, 0.2) is 23.3 Å². The number of carbonyl (C=O) groups is 1. The van der Waals surface area contributed by atoms with E-state index in [0.717, 1.165) is 12.8 Å². The summed E-state index contributed by atoms with van der Waals surface area (Å²) in [6, 6.07) is 1.53. The van der Waals surface area contributed by atoms with Gasteiger partial charge in [0, 0.05) is 24.5 Å². The van der Waals surface area contributed by atoms with E-state index in [9.17, 15) is 9.59 Å². The fraction of sp³-hybridized carbons (Fsp3) is 0.500. The molecule has 3 N–H and O–H groups in total. The van der Waals surface area contributed by atoms with E-state index in [4.69, 9.17) is 5.73 Å². The van der Waals surface area contributed by atoms with Crippen LogP contribution in [-0.4, -0.2) is 16.5 Å². The van der Waals surface area contributed by atoms with Crippen molar-refractivity contribution in [1.82, 2.24) is 9.88 Å². The Hall–Kier alpha value is -1.78. The van der Waals surface area contributed by atoms with Gasteiger partial charge in [0.1, 0.15) is 6.54 Å². The maximum Gasteiger partial charge on any atom is 0.240 e. The van der Waals surface area contributed by atoms with Gasteiger partial charge in [-0.3, -0.25) is 9.59 Å². The van der Waals surface area contributed by atoms with Crippen molar-refractivity contribution in [2.45, 2.75) is 39.3 Å². The number of nitrogen functional groups attached to an aromatic ring is 1. The number of nitrogens with two attached hydrogens (primary N) is 1. The van der Waals surface area contributed by atoms with E-state index in [1.165, 1.54) is 12.3 Å². The molecule has 1 aromatic rings. The average molecular weight is 237 g/mol. The van der Waals surface area contributed by atoms with Gasteiger partial charge in [0.05, 0.1) is 5.69 Å². The Morgan fingerprint density at radius 1 is 1.59 bits per heavy atom. The van der Waals surface area contributed by atoms with Crippen LogP contribution in [0.3, 0.4) is 0 Å². The van der Waals surface area contributed by atoms with Crippen molar-refractivity contribution in [3.05, 3.63) is 28.7 Å². The van der Waals surface area contributed by atoms with Crippen molar-refractivity contribution in [3.8, 4) is 0 Å². The molecule has 0 aliphatic heterocycles. The lowest BCUT2D eigenvalue weighted by atomic mass is 10.2. The minimum absolute atomic E-state index is 0.0750. The van der Waals surface area contributed by atoms with E-state index >= 15 is 0 Å². The van der Waals surface area contributed by atoms with E-state index in [0.29, 0.717) is 0 Å². The third kappa shape index (κ3) is 4.30. The number of nitrogens with zero attached hydrogens (tertiary/aromatic N) is 1. The molecule has 5 nitrogen and oxygen atoms in total. The van der Waals surface area contributed by atoms with E-state index in [1.54, 1.807) is 10.8 Å². The standard InChI is InChI=1S/C12H19N3O2/c1-3-4-9(2)14-12(17)8-15-6-5-11(16)10(13)7-15/h5-7,9H,3-4,8,13H2,1-2H3,(H,14,17). The highest BCUT2D eigenvalue weighted by Crippen LogP contribution is 1.96. The van der Waals surface area contributed by atoms with Crippen molar-refractivity contribution >= 4 is 11.6 Å². The Kier molecular flexibility index (Phi) is 4.75. The molecule has 1 amide bonds. The Labute approximate surface area is 101 Å². The monoisotopic (exact) mass is 237 g/mol. The molecule has 1 unspecified atom stereocenters. The SMILES string of the molecule is CCCC(C)NC(=O)Cn1ccc(=O)c(N)c1. The van der Waals surface area contributed by atoms with Gasteiger partial charge >= 0.3 is 0 Å². The van der Waals surface area contributed by atoms with Crippen LogP contribution in [0.2, 0.25) is 0 Å². The molecule has 0 bridgehead atoms. The zero-order valence-electron chi connectivity index (χ0n) is 10.3. The first-order valence-corrected chi connectivity index (χ1v) is 5.78. The zero-order chi connectivity index (χ0) is 12.8. The highest BCUT2D eigenvalue weighted by atomic mass is 16.2. The second-order valence-electron chi connectivity index (χ2n) is 4.19. The van der Waals surface area contributed by atoms with Gasteiger partial charge in [-0.15, -0.1) is 0 Å². The fourth-order valence-electron chi connectivity index (χ4n) is 1.63. The van der Waals surface area contributed by atoms with Gasteiger partial charge in [0.25, 0.3) is 0 Å². The summed E-state index contributed by atoms with van der Waals surface area (Å²) in [5.74, 6) is -0.0750. The molecule has 17 heavy (non-hydrogen) atoms. The minimum atomic E-state index is -0.221. The average Bonchev–Trinajstić information content (AvgIpc) is 2.23. The van der Waals surface area contributed by atoms with Gasteiger partial charge in [-0.2, -0.15) is 0 Å². The van der Waals surface area contributed by atoms with Gasteiger partial charge in [-0.25, -0.2) is 0 Å². The minimum Gasteiger partial charge on any atom is -0.394 e. The van der Waals surface area contributed by atoms with Crippen LogP contribution in [0.1, 0.15) is 26.7 Å². The van der Waals surface area contributed by atoms with E-state index in [1.807, 2.05) is 6.92 Å². The van der Waals surface area contributed by atoms with E-state index in [2.05, 4.69) is 12.2 Å². The van der Waals surface area contributed by atoms with E-state index in [-0.39, 0.29) is 29.6 Å². The largest absolute Gasteiger partial charge is 0.394 e. The Morgan fingerprint density at radius 2 is 2.29 bits per heavy atom. The molecule has 0 aliphatic rings. The molecule has 1 atom stereocenters. The molecule has 0 saturated carbocycles. The van der Waals surface area contributed by atoms with Crippen LogP contribution in [0.5, 0.6) is 0 Å². The summed E-state index contributed by atoms with van der Waals surface area (Å²) in [5, 5.41) is 2.88. The third-order valence-electron chi connectivity index (χ3n) is 2.46. The number of amides is 1. The molecule has 0 saturated heterocycles. The predicted octanol–water partition coefficient (Wildman–Crippen LogP) is 0.735. The summed E-state index contributed by atoms with van der Waals surface area (Å²) >= 11 is 0. The molecule has 5 heteroatoms. The lowest BCUT2D eigenvalue weighted by Gasteiger charge is -2.13. The van der Waals surface area contributed by atoms with Crippen molar-refractivity contribution < 1.29 is 4.79 Å². The number of hydrogen-bond donors (Lipinski definition) is 2. The zero-order valence-corrected chi connectivity index (χ0v) is 10.3. The van der Waals surface area contributed by atoms with Gasteiger partial charge in [-0.1, -0.05) is 13.3 Å². The number of aromatic nitrogens is 1. The van der Waals surface area contributed by atoms with Crippen LogP contribution in [-0.2, 0) is 11.3 Å². The molecule has 1 aromatic heterocycles. The smallest absolute Gasteiger partial charge is 0.240 e. The van der Waals surface area contributed by atoms with Crippen LogP contribution in [0.4, 0.5) is 5.69 Å². The summed E-state index contributed by atoms with van der Waals surface area (Å²) in [4.78, 5) is 22.7. The molecular formula is C12H19N3O2. The second kappa shape index (κ2) is 6.08. The lowest BCUT2D eigenvalue weighted by Crippen LogP contribution is -2.35. The van der Waals surface area contributed by atoms with Crippen molar-refractivity contribution in [1.29, 1.82) is 0 Å². The summed E-state index contributed by atoms with van der Waals surface area (Å²) in [7, 11) is 0. The fourth-order valence-corrected chi connectivity index (χ4v) is 1.63. The number of nitrogens with one attached hydrogen (secondary N) is 1. The molecular weight excluding hydrogens is 218 g/mol. The van der Waals surface area contributed by atoms with Gasteiger partial charge in [0.15, 0.2) is 0 Å². The van der Waals surface area contributed by atoms with Crippen LogP contribution < -0.4 is 16.5 Å². The lowest BCUT2D eigenvalue weighted by molar-refractivity contribution is -0.122. The Bertz CT molecular complexity index is 440. The first kappa shape index (κ1) is 13.3. The molecule has 0 fully saturated rings. The molecule has 0 radical (unpaired) electrons. The van der Waals surface area contributed by atoms with Crippen LogP contribution in [0.25, 0.3) is 0 Å². The number of carbonyl (C=O) groups excluding carboxylic acids is 1. The topological polar surface area (TPSA) is 77.1 Å². The van der Waals surface area contributed by atoms with Gasteiger partial charge in [0.2, 0.25) is 11.3 Å². The number of rotatable bonds is 5. The van der Waals surface area contributed by atoms with Gasteiger partial charge < -0.3 is 15.6 Å². The second-order valence-corrected chi connectivity index (χ2v) is 4.19. The maximum atomic E-state index is 11.6. The molecule has 0 spiro atoms. The summed E-state index contributed by atoms with van der Waals surface area (Å²) in [5.41, 5.74) is 5.41. The quantitative estimate of drug-likeness (QED) is 0.792. The van der Waals surface area contributed by atoms with Crippen LogP contribution >= 0.6 is 0 Å². The van der Waals surface area contributed by atoms with Gasteiger partial charge in [-0.05, 0) is 13.3 Å². The Balaban J connectivity index is 2.56. The van der Waals surface area contributed by atoms with Crippen LogP contribution in [0, 0.1) is 0 Å². The van der Waals surface area contributed by atoms with Crippen molar-refractivity contribution in [2.24, 2.45) is 0 Å². The van der Waals surface area contributed by atoms with E-state index < -0.39 is 0 Å². The molecule has 0 aromatic carbocycles. The normalized spacial score (nSPS) is 12.1. The highest BCUT2D eigenvalue weighted by Gasteiger charge is 2.06. The maximum absolute atomic E-state index is 11.6. The molecule has 0 aliphatic carbocycles. The first-order valence-electron chi connectivity index (χ1n) is 5.78. The predicted molar refractivity (Wildman–Crippen MR) is 67.6 cm³/mol. The number of anilines is 1. The summed E-state index contributed by atoms with van der Waals surface area (Å²) in [6.45, 7) is 4.23. The summed E-state index contributed by atoms with van der Waals surface area (Å²) < 4.78 is 1.60. The molecule has 94 valence electrons. The molecule has 1 rings (SSSR count). The Morgan fingerprint density at radius 3 is 2.88 bits per heavy atom. The first-order chi connectivity index (χ1) is 8.02. The number of hydrogen-bond acceptors (Lipinski definition) is 3. The summed E-state index contributed by atoms with van der Waals surface area (Å²) in [6.07, 6.45) is 5.03. The highest BCUT2D eigenvalue weighted by molar-refractivity contribution is 5.76.